The average molecular weight is 268 g/mol. The van der Waals surface area contributed by atoms with Gasteiger partial charge in [-0.1, -0.05) is 18.2 Å². The first-order valence-corrected chi connectivity index (χ1v) is 7.18. The third-order valence-corrected chi connectivity index (χ3v) is 4.02. The number of aliphatic hydroxyl groups is 1. The summed E-state index contributed by atoms with van der Waals surface area (Å²) in [5.74, 6) is 0.919. The molecule has 0 radical (unpaired) electrons. The molecule has 0 aliphatic carbocycles. The van der Waals surface area contributed by atoms with Crippen LogP contribution >= 0.6 is 0 Å². The van der Waals surface area contributed by atoms with E-state index in [9.17, 15) is 5.11 Å². The molecular formula is C17H20N2O. The van der Waals surface area contributed by atoms with Crippen molar-refractivity contribution in [3.8, 4) is 0 Å². The van der Waals surface area contributed by atoms with E-state index in [-0.39, 0.29) is 0 Å². The van der Waals surface area contributed by atoms with Crippen molar-refractivity contribution in [1.82, 2.24) is 4.98 Å². The molecule has 0 fully saturated rings. The molecule has 1 aromatic heterocycles. The number of para-hydroxylation sites is 1. The third-order valence-electron chi connectivity index (χ3n) is 4.02. The Balaban J connectivity index is 2.07. The summed E-state index contributed by atoms with van der Waals surface area (Å²) in [5.41, 5.74) is 3.52. The van der Waals surface area contributed by atoms with Gasteiger partial charge in [-0.15, -0.1) is 0 Å². The van der Waals surface area contributed by atoms with Gasteiger partial charge in [-0.2, -0.15) is 0 Å². The number of anilines is 2. The van der Waals surface area contributed by atoms with Crippen molar-refractivity contribution in [2.75, 3.05) is 4.90 Å². The standard InChI is InChI=1S/C17H20N2O/c1-12-7-8-14-5-3-4-6-16(14)19(12)17-11-15(13(2)20)9-10-18-17/h3-6,9-13,20H,7-8H2,1-2H3/t12?,13-/m0/s1. The van der Waals surface area contributed by atoms with E-state index in [4.69, 9.17) is 0 Å². The number of aromatic nitrogens is 1. The van der Waals surface area contributed by atoms with Gasteiger partial charge in [-0.25, -0.2) is 4.98 Å². The number of hydrogen-bond donors (Lipinski definition) is 1. The lowest BCUT2D eigenvalue weighted by Gasteiger charge is -2.36. The summed E-state index contributed by atoms with van der Waals surface area (Å²) < 4.78 is 0. The Morgan fingerprint density at radius 2 is 2.10 bits per heavy atom. The van der Waals surface area contributed by atoms with Crippen LogP contribution in [0, 0.1) is 0 Å². The van der Waals surface area contributed by atoms with Crippen LogP contribution in [-0.2, 0) is 6.42 Å². The van der Waals surface area contributed by atoms with Gasteiger partial charge in [-0.05, 0) is 56.0 Å². The van der Waals surface area contributed by atoms with Gasteiger partial charge in [0.1, 0.15) is 5.82 Å². The van der Waals surface area contributed by atoms with Crippen LogP contribution in [0.2, 0.25) is 0 Å². The second-order valence-electron chi connectivity index (χ2n) is 5.51. The first-order chi connectivity index (χ1) is 9.66. The Morgan fingerprint density at radius 3 is 2.90 bits per heavy atom. The van der Waals surface area contributed by atoms with Crippen LogP contribution in [0.3, 0.4) is 0 Å². The summed E-state index contributed by atoms with van der Waals surface area (Å²) in [6.07, 6.45) is 3.55. The minimum absolute atomic E-state index is 0.418. The van der Waals surface area contributed by atoms with E-state index in [1.165, 1.54) is 11.3 Å². The Hall–Kier alpha value is -1.87. The Bertz CT molecular complexity index is 609. The molecule has 2 atom stereocenters. The molecule has 0 saturated heterocycles. The van der Waals surface area contributed by atoms with E-state index < -0.39 is 6.10 Å². The summed E-state index contributed by atoms with van der Waals surface area (Å²) in [6, 6.07) is 12.8. The molecule has 0 spiro atoms. The number of aryl methyl sites for hydroxylation is 1. The Labute approximate surface area is 119 Å². The fourth-order valence-electron chi connectivity index (χ4n) is 2.86. The highest BCUT2D eigenvalue weighted by Crippen LogP contribution is 2.36. The van der Waals surface area contributed by atoms with Gasteiger partial charge in [-0.3, -0.25) is 0 Å². The molecule has 0 amide bonds. The van der Waals surface area contributed by atoms with Gasteiger partial charge in [0.2, 0.25) is 0 Å². The number of pyridine rings is 1. The fraction of sp³-hybridized carbons (Fsp3) is 0.353. The molecule has 3 heteroatoms. The van der Waals surface area contributed by atoms with E-state index in [1.807, 2.05) is 12.1 Å². The largest absolute Gasteiger partial charge is 0.389 e. The van der Waals surface area contributed by atoms with Crippen LogP contribution in [0.25, 0.3) is 0 Å². The highest BCUT2D eigenvalue weighted by molar-refractivity contribution is 5.66. The maximum atomic E-state index is 9.76. The van der Waals surface area contributed by atoms with Crippen molar-refractivity contribution >= 4 is 11.5 Å². The zero-order chi connectivity index (χ0) is 14.1. The fourth-order valence-corrected chi connectivity index (χ4v) is 2.86. The summed E-state index contributed by atoms with van der Waals surface area (Å²) in [5, 5.41) is 9.76. The van der Waals surface area contributed by atoms with Crippen molar-refractivity contribution in [1.29, 1.82) is 0 Å². The van der Waals surface area contributed by atoms with Gasteiger partial charge in [0.15, 0.2) is 0 Å². The van der Waals surface area contributed by atoms with Crippen LogP contribution in [0.5, 0.6) is 0 Å². The monoisotopic (exact) mass is 268 g/mol. The quantitative estimate of drug-likeness (QED) is 0.904. The predicted molar refractivity (Wildman–Crippen MR) is 81.2 cm³/mol. The predicted octanol–water partition coefficient (Wildman–Crippen LogP) is 3.61. The van der Waals surface area contributed by atoms with Crippen LogP contribution in [0.15, 0.2) is 42.6 Å². The van der Waals surface area contributed by atoms with E-state index in [1.54, 1.807) is 13.1 Å². The number of rotatable bonds is 2. The summed E-state index contributed by atoms with van der Waals surface area (Å²) in [7, 11) is 0. The molecule has 2 aromatic rings. The molecule has 0 saturated carbocycles. The van der Waals surface area contributed by atoms with Gasteiger partial charge in [0.25, 0.3) is 0 Å². The smallest absolute Gasteiger partial charge is 0.133 e. The van der Waals surface area contributed by atoms with E-state index in [0.717, 1.165) is 24.2 Å². The molecule has 1 aliphatic rings. The van der Waals surface area contributed by atoms with Gasteiger partial charge in [0.05, 0.1) is 6.10 Å². The molecule has 1 unspecified atom stereocenters. The van der Waals surface area contributed by atoms with Crippen molar-refractivity contribution in [2.24, 2.45) is 0 Å². The lowest BCUT2D eigenvalue weighted by Crippen LogP contribution is -2.33. The third kappa shape index (κ3) is 2.29. The summed E-state index contributed by atoms with van der Waals surface area (Å²) in [6.45, 7) is 4.01. The number of benzene rings is 1. The molecule has 1 aromatic carbocycles. The molecule has 20 heavy (non-hydrogen) atoms. The SMILES string of the molecule is CC1CCc2ccccc2N1c1cc([C@H](C)O)ccn1. The maximum absolute atomic E-state index is 9.76. The molecule has 2 heterocycles. The Kier molecular flexibility index (Phi) is 3.45. The average Bonchev–Trinajstić information content (AvgIpc) is 2.47. The summed E-state index contributed by atoms with van der Waals surface area (Å²) in [4.78, 5) is 6.79. The van der Waals surface area contributed by atoms with Crippen LogP contribution in [0.4, 0.5) is 11.5 Å². The zero-order valence-corrected chi connectivity index (χ0v) is 12.0. The molecule has 1 N–H and O–H groups in total. The van der Waals surface area contributed by atoms with E-state index in [0.29, 0.717) is 6.04 Å². The van der Waals surface area contributed by atoms with Gasteiger partial charge in [0, 0.05) is 17.9 Å². The molecule has 3 nitrogen and oxygen atoms in total. The summed E-state index contributed by atoms with van der Waals surface area (Å²) >= 11 is 0. The number of nitrogens with zero attached hydrogens (tertiary/aromatic N) is 2. The van der Waals surface area contributed by atoms with Crippen molar-refractivity contribution < 1.29 is 5.11 Å². The molecule has 1 aliphatic heterocycles. The highest BCUT2D eigenvalue weighted by Gasteiger charge is 2.25. The first kappa shape index (κ1) is 13.1. The Morgan fingerprint density at radius 1 is 1.30 bits per heavy atom. The molecule has 0 bridgehead atoms. The number of hydrogen-bond acceptors (Lipinski definition) is 3. The van der Waals surface area contributed by atoms with E-state index >= 15 is 0 Å². The van der Waals surface area contributed by atoms with Gasteiger partial charge >= 0.3 is 0 Å². The topological polar surface area (TPSA) is 36.4 Å². The molecule has 3 rings (SSSR count). The lowest BCUT2D eigenvalue weighted by molar-refractivity contribution is 0.199. The second kappa shape index (κ2) is 5.25. The zero-order valence-electron chi connectivity index (χ0n) is 12.0. The van der Waals surface area contributed by atoms with Crippen LogP contribution < -0.4 is 4.90 Å². The van der Waals surface area contributed by atoms with Crippen LogP contribution in [0.1, 0.15) is 37.5 Å². The maximum Gasteiger partial charge on any atom is 0.133 e. The van der Waals surface area contributed by atoms with E-state index in [2.05, 4.69) is 41.1 Å². The normalized spacial score (nSPS) is 19.6. The van der Waals surface area contributed by atoms with Crippen molar-refractivity contribution in [2.45, 2.75) is 38.8 Å². The minimum Gasteiger partial charge on any atom is -0.389 e. The first-order valence-electron chi connectivity index (χ1n) is 7.18. The molecule has 104 valence electrons. The number of fused-ring (bicyclic) bond motifs is 1. The van der Waals surface area contributed by atoms with Crippen molar-refractivity contribution in [3.05, 3.63) is 53.7 Å². The van der Waals surface area contributed by atoms with Gasteiger partial charge < -0.3 is 10.0 Å². The lowest BCUT2D eigenvalue weighted by atomic mass is 9.96. The number of aliphatic hydroxyl groups excluding tert-OH is 1. The van der Waals surface area contributed by atoms with Crippen LogP contribution in [-0.4, -0.2) is 16.1 Å². The second-order valence-corrected chi connectivity index (χ2v) is 5.51. The van der Waals surface area contributed by atoms with Crippen molar-refractivity contribution in [3.63, 3.8) is 0 Å². The highest BCUT2D eigenvalue weighted by atomic mass is 16.3. The minimum atomic E-state index is -0.466. The molecular weight excluding hydrogens is 248 g/mol.